The maximum Gasteiger partial charge on any atom is 0.332 e. The molecule has 2 heterocycles. The Bertz CT molecular complexity index is 1680. The summed E-state index contributed by atoms with van der Waals surface area (Å²) in [5.41, 5.74) is 2.57. The molecule has 2 aromatic heterocycles. The minimum atomic E-state index is -1.44. The monoisotopic (exact) mass is 453 g/mol. The van der Waals surface area contributed by atoms with E-state index in [1.807, 2.05) is 42.9 Å². The molecule has 5 rings (SSSR count). The number of carboxylic acid groups (broad SMARTS) is 1. The van der Waals surface area contributed by atoms with Gasteiger partial charge in [0.05, 0.1) is 17.4 Å². The van der Waals surface area contributed by atoms with Crippen molar-refractivity contribution in [2.75, 3.05) is 0 Å². The van der Waals surface area contributed by atoms with Crippen LogP contribution in [0, 0.1) is 6.92 Å². The third kappa shape index (κ3) is 3.33. The Morgan fingerprint density at radius 1 is 0.912 bits per heavy atom. The third-order valence-corrected chi connectivity index (χ3v) is 6.32. The van der Waals surface area contributed by atoms with E-state index in [2.05, 4.69) is 0 Å². The number of aryl methyl sites for hydroxylation is 2. The molecule has 0 fully saturated rings. The van der Waals surface area contributed by atoms with Crippen LogP contribution in [0.4, 0.5) is 0 Å². The van der Waals surface area contributed by atoms with Crippen molar-refractivity contribution in [2.45, 2.75) is 19.5 Å². The van der Waals surface area contributed by atoms with Gasteiger partial charge in [-0.2, -0.15) is 0 Å². The van der Waals surface area contributed by atoms with Gasteiger partial charge in [0.15, 0.2) is 6.04 Å². The Morgan fingerprint density at radius 3 is 2.32 bits per heavy atom. The standard InChI is InChI=1S/C27H23N3O4/c1-17-9-8-14-22-23(17)19(15-28(22)2)16-29-21-13-7-6-12-20(21)25(31)30(27(29)34)24(26(32)33)18-10-4-3-5-11-18/h3-15,24H,16H2,1-2H3,(H,32,33)/t24-/m0/s1. The molecule has 0 bridgehead atoms. The number of rotatable bonds is 5. The van der Waals surface area contributed by atoms with Gasteiger partial charge in [-0.25, -0.2) is 14.2 Å². The fraction of sp³-hybridized carbons (Fsp3) is 0.148. The van der Waals surface area contributed by atoms with E-state index in [0.29, 0.717) is 16.5 Å². The lowest BCUT2D eigenvalue weighted by Gasteiger charge is -2.19. The predicted octanol–water partition coefficient (Wildman–Crippen LogP) is 3.69. The quantitative estimate of drug-likeness (QED) is 0.440. The highest BCUT2D eigenvalue weighted by Crippen LogP contribution is 2.26. The summed E-state index contributed by atoms with van der Waals surface area (Å²) in [7, 11) is 1.95. The van der Waals surface area contributed by atoms with Gasteiger partial charge < -0.3 is 9.67 Å². The number of aromatic nitrogens is 3. The normalized spacial score (nSPS) is 12.3. The largest absolute Gasteiger partial charge is 0.479 e. The van der Waals surface area contributed by atoms with Crippen LogP contribution in [0.25, 0.3) is 21.8 Å². The van der Waals surface area contributed by atoms with Gasteiger partial charge in [0, 0.05) is 24.1 Å². The number of aliphatic carboxylic acids is 1. The van der Waals surface area contributed by atoms with Crippen LogP contribution in [0.15, 0.2) is 88.6 Å². The summed E-state index contributed by atoms with van der Waals surface area (Å²) in [5, 5.41) is 11.4. The maximum atomic E-state index is 13.8. The lowest BCUT2D eigenvalue weighted by Crippen LogP contribution is -2.45. The minimum Gasteiger partial charge on any atom is -0.479 e. The van der Waals surface area contributed by atoms with Crippen molar-refractivity contribution in [1.82, 2.24) is 13.7 Å². The molecule has 0 saturated carbocycles. The first-order valence-corrected chi connectivity index (χ1v) is 10.9. The molecule has 1 N–H and O–H groups in total. The lowest BCUT2D eigenvalue weighted by molar-refractivity contribution is -0.139. The smallest absolute Gasteiger partial charge is 0.332 e. The summed E-state index contributed by atoms with van der Waals surface area (Å²) in [4.78, 5) is 39.6. The first-order chi connectivity index (χ1) is 16.4. The van der Waals surface area contributed by atoms with E-state index in [0.717, 1.165) is 26.6 Å². The number of carboxylic acids is 1. The number of fused-ring (bicyclic) bond motifs is 2. The topological polar surface area (TPSA) is 86.2 Å². The molecule has 0 amide bonds. The minimum absolute atomic E-state index is 0.197. The van der Waals surface area contributed by atoms with Gasteiger partial charge in [-0.15, -0.1) is 0 Å². The van der Waals surface area contributed by atoms with Gasteiger partial charge >= 0.3 is 11.7 Å². The number of hydrogen-bond donors (Lipinski definition) is 1. The molecule has 0 aliphatic heterocycles. The molecule has 170 valence electrons. The molecule has 34 heavy (non-hydrogen) atoms. The van der Waals surface area contributed by atoms with Crippen LogP contribution in [-0.4, -0.2) is 24.8 Å². The van der Waals surface area contributed by atoms with Gasteiger partial charge in [0.25, 0.3) is 5.56 Å². The highest BCUT2D eigenvalue weighted by Gasteiger charge is 2.28. The molecule has 1 atom stereocenters. The van der Waals surface area contributed by atoms with Crippen LogP contribution in [0.1, 0.15) is 22.7 Å². The number of para-hydroxylation sites is 1. The second kappa shape index (κ2) is 8.19. The number of carbonyl (C=O) groups is 1. The summed E-state index contributed by atoms with van der Waals surface area (Å²) in [6.07, 6.45) is 1.97. The van der Waals surface area contributed by atoms with Crippen molar-refractivity contribution in [1.29, 1.82) is 0 Å². The zero-order valence-electron chi connectivity index (χ0n) is 18.8. The van der Waals surface area contributed by atoms with Crippen molar-refractivity contribution >= 4 is 27.8 Å². The van der Waals surface area contributed by atoms with Crippen molar-refractivity contribution in [3.05, 3.63) is 117 Å². The zero-order valence-corrected chi connectivity index (χ0v) is 18.8. The fourth-order valence-corrected chi connectivity index (χ4v) is 4.78. The Morgan fingerprint density at radius 2 is 1.59 bits per heavy atom. The van der Waals surface area contributed by atoms with E-state index >= 15 is 0 Å². The molecule has 0 unspecified atom stereocenters. The highest BCUT2D eigenvalue weighted by molar-refractivity contribution is 5.87. The Balaban J connectivity index is 1.82. The molecule has 0 saturated heterocycles. The van der Waals surface area contributed by atoms with Crippen molar-refractivity contribution < 1.29 is 9.90 Å². The van der Waals surface area contributed by atoms with Crippen molar-refractivity contribution in [2.24, 2.45) is 7.05 Å². The van der Waals surface area contributed by atoms with E-state index in [1.54, 1.807) is 54.6 Å². The molecule has 7 nitrogen and oxygen atoms in total. The molecule has 0 aliphatic rings. The Hall–Kier alpha value is -4.39. The molecule has 0 aliphatic carbocycles. The van der Waals surface area contributed by atoms with Gasteiger partial charge in [-0.05, 0) is 41.8 Å². The highest BCUT2D eigenvalue weighted by atomic mass is 16.4. The summed E-state index contributed by atoms with van der Waals surface area (Å²) in [5.74, 6) is -1.27. The first kappa shape index (κ1) is 21.5. The molecule has 5 aromatic rings. The van der Waals surface area contributed by atoms with Crippen LogP contribution >= 0.6 is 0 Å². The predicted molar refractivity (Wildman–Crippen MR) is 131 cm³/mol. The van der Waals surface area contributed by atoms with E-state index in [4.69, 9.17) is 0 Å². The molecule has 7 heteroatoms. The molecule has 0 spiro atoms. The first-order valence-electron chi connectivity index (χ1n) is 10.9. The van der Waals surface area contributed by atoms with Crippen LogP contribution in [-0.2, 0) is 18.4 Å². The van der Waals surface area contributed by atoms with E-state index in [-0.39, 0.29) is 6.54 Å². The summed E-state index contributed by atoms with van der Waals surface area (Å²) < 4.78 is 4.36. The van der Waals surface area contributed by atoms with E-state index in [9.17, 15) is 19.5 Å². The van der Waals surface area contributed by atoms with Crippen LogP contribution in [0.2, 0.25) is 0 Å². The van der Waals surface area contributed by atoms with Crippen LogP contribution in [0.5, 0.6) is 0 Å². The average molecular weight is 453 g/mol. The zero-order chi connectivity index (χ0) is 24.0. The van der Waals surface area contributed by atoms with Gasteiger partial charge in [0.1, 0.15) is 0 Å². The van der Waals surface area contributed by atoms with Crippen LogP contribution < -0.4 is 11.2 Å². The van der Waals surface area contributed by atoms with Crippen molar-refractivity contribution in [3.8, 4) is 0 Å². The second-order valence-electron chi connectivity index (χ2n) is 8.45. The molecular weight excluding hydrogens is 430 g/mol. The molecule has 3 aromatic carbocycles. The van der Waals surface area contributed by atoms with Crippen molar-refractivity contribution in [3.63, 3.8) is 0 Å². The molecular formula is C27H23N3O4. The molecule has 0 radical (unpaired) electrons. The average Bonchev–Trinajstić information content (AvgIpc) is 3.16. The third-order valence-electron chi connectivity index (χ3n) is 6.32. The van der Waals surface area contributed by atoms with Gasteiger partial charge in [-0.1, -0.05) is 54.6 Å². The Kier molecular flexibility index (Phi) is 5.17. The second-order valence-corrected chi connectivity index (χ2v) is 8.45. The van der Waals surface area contributed by atoms with Gasteiger partial charge in [0.2, 0.25) is 0 Å². The summed E-state index contributed by atoms with van der Waals surface area (Å²) in [6, 6.07) is 19.8. The van der Waals surface area contributed by atoms with E-state index in [1.165, 1.54) is 4.57 Å². The maximum absolute atomic E-state index is 13.8. The van der Waals surface area contributed by atoms with Gasteiger partial charge in [-0.3, -0.25) is 9.36 Å². The number of benzene rings is 3. The lowest BCUT2D eigenvalue weighted by atomic mass is 10.1. The summed E-state index contributed by atoms with van der Waals surface area (Å²) in [6.45, 7) is 2.21. The SMILES string of the molecule is Cc1cccc2c1c(Cn1c(=O)n([C@H](C(=O)O)c3ccccc3)c(=O)c3ccccc31)cn2C. The van der Waals surface area contributed by atoms with E-state index < -0.39 is 23.3 Å². The number of hydrogen-bond acceptors (Lipinski definition) is 3. The number of nitrogens with zero attached hydrogens (tertiary/aromatic N) is 3. The van der Waals surface area contributed by atoms with Crippen LogP contribution in [0.3, 0.4) is 0 Å². The Labute approximate surface area is 194 Å². The fourth-order valence-electron chi connectivity index (χ4n) is 4.78. The summed E-state index contributed by atoms with van der Waals surface area (Å²) >= 11 is 0.